The summed E-state index contributed by atoms with van der Waals surface area (Å²) < 4.78 is 27.6. The van der Waals surface area contributed by atoms with Gasteiger partial charge >= 0.3 is 0 Å². The third kappa shape index (κ3) is 5.47. The summed E-state index contributed by atoms with van der Waals surface area (Å²) in [6.07, 6.45) is 1.69. The van der Waals surface area contributed by atoms with Crippen molar-refractivity contribution in [3.63, 3.8) is 0 Å². The summed E-state index contributed by atoms with van der Waals surface area (Å²) in [5.41, 5.74) is 2.41. The van der Waals surface area contributed by atoms with Crippen LogP contribution in [0.4, 0.5) is 0 Å². The predicted molar refractivity (Wildman–Crippen MR) is 119 cm³/mol. The third-order valence-corrected chi connectivity index (χ3v) is 7.53. The molecule has 1 atom stereocenters. The van der Waals surface area contributed by atoms with Gasteiger partial charge < -0.3 is 10.2 Å². The van der Waals surface area contributed by atoms with Gasteiger partial charge in [0.1, 0.15) is 0 Å². The number of nitrogens with zero attached hydrogens (tertiary/aromatic N) is 2. The van der Waals surface area contributed by atoms with E-state index in [2.05, 4.69) is 22.3 Å². The van der Waals surface area contributed by atoms with Crippen molar-refractivity contribution in [1.82, 2.24) is 14.5 Å². The Morgan fingerprint density at radius 3 is 2.40 bits per heavy atom. The smallest absolute Gasteiger partial charge is 0.251 e. The first-order valence-electron chi connectivity index (χ1n) is 10.4. The number of aryl methyl sites for hydroxylation is 2. The number of sulfonamides is 1. The first-order valence-corrected chi connectivity index (χ1v) is 11.9. The summed E-state index contributed by atoms with van der Waals surface area (Å²) in [7, 11) is -1.62. The first-order chi connectivity index (χ1) is 14.3. The fraction of sp³-hybridized carbons (Fsp3) is 0.435. The van der Waals surface area contributed by atoms with Gasteiger partial charge in [-0.05, 0) is 57.0 Å². The second kappa shape index (κ2) is 9.73. The fourth-order valence-electron chi connectivity index (χ4n) is 3.59. The molecule has 1 N–H and O–H groups in total. The van der Waals surface area contributed by atoms with Crippen LogP contribution in [0.3, 0.4) is 0 Å². The van der Waals surface area contributed by atoms with Crippen LogP contribution in [0, 0.1) is 6.92 Å². The summed E-state index contributed by atoms with van der Waals surface area (Å²) in [6, 6.07) is 15.0. The predicted octanol–water partition coefficient (Wildman–Crippen LogP) is 2.68. The lowest BCUT2D eigenvalue weighted by atomic mass is 10.0. The van der Waals surface area contributed by atoms with E-state index in [1.54, 1.807) is 12.1 Å². The molecule has 0 radical (unpaired) electrons. The van der Waals surface area contributed by atoms with Gasteiger partial charge in [-0.15, -0.1) is 0 Å². The number of hydrogen-bond donors (Lipinski definition) is 1. The molecular formula is C23H31N3O3S. The minimum atomic E-state index is -3.61. The van der Waals surface area contributed by atoms with Gasteiger partial charge in [0.25, 0.3) is 5.91 Å². The van der Waals surface area contributed by atoms with Crippen LogP contribution in [0.2, 0.25) is 0 Å². The van der Waals surface area contributed by atoms with Gasteiger partial charge in [0.2, 0.25) is 10.0 Å². The van der Waals surface area contributed by atoms with E-state index >= 15 is 0 Å². The highest BCUT2D eigenvalue weighted by molar-refractivity contribution is 7.89. The SMILES string of the molecule is Cc1ccc(S(=O)(=O)N2CCN(C)CC2)cc1C(=O)NC(C)CCc1ccccc1. The van der Waals surface area contributed by atoms with Crippen molar-refractivity contribution in [1.29, 1.82) is 0 Å². The highest BCUT2D eigenvalue weighted by Gasteiger charge is 2.28. The van der Waals surface area contributed by atoms with E-state index in [1.807, 2.05) is 39.1 Å². The number of benzene rings is 2. The molecule has 1 fully saturated rings. The normalized spacial score (nSPS) is 16.9. The van der Waals surface area contributed by atoms with Crippen LogP contribution < -0.4 is 5.32 Å². The molecule has 0 saturated carbocycles. The van der Waals surface area contributed by atoms with Gasteiger partial charge in [-0.1, -0.05) is 36.4 Å². The van der Waals surface area contributed by atoms with Crippen molar-refractivity contribution >= 4 is 15.9 Å². The molecule has 2 aromatic rings. The van der Waals surface area contributed by atoms with Crippen molar-refractivity contribution in [2.24, 2.45) is 0 Å². The number of piperazine rings is 1. The van der Waals surface area contributed by atoms with E-state index < -0.39 is 10.0 Å². The van der Waals surface area contributed by atoms with Crippen molar-refractivity contribution in [2.75, 3.05) is 33.2 Å². The molecular weight excluding hydrogens is 398 g/mol. The number of carbonyl (C=O) groups is 1. The Labute approximate surface area is 179 Å². The number of hydrogen-bond acceptors (Lipinski definition) is 4. The van der Waals surface area contributed by atoms with Crippen LogP contribution in [-0.2, 0) is 16.4 Å². The van der Waals surface area contributed by atoms with Gasteiger partial charge in [0.15, 0.2) is 0 Å². The summed E-state index contributed by atoms with van der Waals surface area (Å²) in [5, 5.41) is 3.02. The molecule has 0 aromatic heterocycles. The maximum atomic E-state index is 13.0. The van der Waals surface area contributed by atoms with E-state index in [0.717, 1.165) is 18.4 Å². The van der Waals surface area contributed by atoms with E-state index in [9.17, 15) is 13.2 Å². The van der Waals surface area contributed by atoms with Crippen LogP contribution in [0.25, 0.3) is 0 Å². The molecule has 3 rings (SSSR count). The zero-order valence-electron chi connectivity index (χ0n) is 18.0. The van der Waals surface area contributed by atoms with Gasteiger partial charge in [-0.3, -0.25) is 4.79 Å². The van der Waals surface area contributed by atoms with Crippen molar-refractivity contribution in [3.8, 4) is 0 Å². The lowest BCUT2D eigenvalue weighted by Crippen LogP contribution is -2.47. The van der Waals surface area contributed by atoms with Gasteiger partial charge in [0, 0.05) is 37.8 Å². The first kappa shape index (κ1) is 22.5. The van der Waals surface area contributed by atoms with Crippen molar-refractivity contribution in [2.45, 2.75) is 37.6 Å². The van der Waals surface area contributed by atoms with Crippen molar-refractivity contribution < 1.29 is 13.2 Å². The Bertz CT molecular complexity index is 968. The van der Waals surface area contributed by atoms with Crippen molar-refractivity contribution in [3.05, 3.63) is 65.2 Å². The van der Waals surface area contributed by atoms with Gasteiger partial charge in [0.05, 0.1) is 4.90 Å². The van der Waals surface area contributed by atoms with Gasteiger partial charge in [-0.2, -0.15) is 4.31 Å². The highest BCUT2D eigenvalue weighted by atomic mass is 32.2. The Morgan fingerprint density at radius 2 is 1.73 bits per heavy atom. The standard InChI is InChI=1S/C23H31N3O3S/c1-18-9-12-21(30(28,29)26-15-13-25(3)14-16-26)17-22(18)23(27)24-19(2)10-11-20-7-5-4-6-8-20/h4-9,12,17,19H,10-11,13-16H2,1-3H3,(H,24,27). The molecule has 1 saturated heterocycles. The second-order valence-electron chi connectivity index (χ2n) is 8.08. The van der Waals surface area contributed by atoms with E-state index in [4.69, 9.17) is 0 Å². The summed E-state index contributed by atoms with van der Waals surface area (Å²) >= 11 is 0. The molecule has 1 heterocycles. The zero-order valence-corrected chi connectivity index (χ0v) is 18.8. The quantitative estimate of drug-likeness (QED) is 0.735. The van der Waals surface area contributed by atoms with Crippen LogP contribution in [0.5, 0.6) is 0 Å². The molecule has 1 unspecified atom stereocenters. The average Bonchev–Trinajstić information content (AvgIpc) is 2.73. The number of nitrogens with one attached hydrogen (secondary N) is 1. The third-order valence-electron chi connectivity index (χ3n) is 5.64. The monoisotopic (exact) mass is 429 g/mol. The second-order valence-corrected chi connectivity index (χ2v) is 10.0. The number of carbonyl (C=O) groups excluding carboxylic acids is 1. The lowest BCUT2D eigenvalue weighted by Gasteiger charge is -2.31. The highest BCUT2D eigenvalue weighted by Crippen LogP contribution is 2.21. The zero-order chi connectivity index (χ0) is 21.7. The molecule has 30 heavy (non-hydrogen) atoms. The molecule has 1 aliphatic heterocycles. The molecule has 7 heteroatoms. The number of likely N-dealkylation sites (N-methyl/N-ethyl adjacent to an activating group) is 1. The number of amides is 1. The van der Waals surface area contributed by atoms with E-state index in [1.165, 1.54) is 15.9 Å². The Hall–Kier alpha value is -2.22. The molecule has 162 valence electrons. The van der Waals surface area contributed by atoms with Crippen LogP contribution in [0.1, 0.15) is 34.8 Å². The number of rotatable bonds is 7. The Kier molecular flexibility index (Phi) is 7.28. The summed E-state index contributed by atoms with van der Waals surface area (Å²) in [5.74, 6) is -0.233. The fourth-order valence-corrected chi connectivity index (χ4v) is 5.03. The largest absolute Gasteiger partial charge is 0.350 e. The van der Waals surface area contributed by atoms with E-state index in [-0.39, 0.29) is 16.8 Å². The maximum absolute atomic E-state index is 13.0. The summed E-state index contributed by atoms with van der Waals surface area (Å²) in [6.45, 7) is 6.14. The van der Waals surface area contributed by atoms with Crippen LogP contribution in [0.15, 0.2) is 53.4 Å². The van der Waals surface area contributed by atoms with Gasteiger partial charge in [-0.25, -0.2) is 8.42 Å². The topological polar surface area (TPSA) is 69.7 Å². The average molecular weight is 430 g/mol. The summed E-state index contributed by atoms with van der Waals surface area (Å²) in [4.78, 5) is 15.1. The van der Waals surface area contributed by atoms with Crippen LogP contribution >= 0.6 is 0 Å². The van der Waals surface area contributed by atoms with E-state index in [0.29, 0.717) is 31.7 Å². The molecule has 6 nitrogen and oxygen atoms in total. The molecule has 1 amide bonds. The minimum Gasteiger partial charge on any atom is -0.350 e. The molecule has 0 bridgehead atoms. The lowest BCUT2D eigenvalue weighted by molar-refractivity contribution is 0.0937. The molecule has 0 spiro atoms. The molecule has 1 aliphatic rings. The minimum absolute atomic E-state index is 0.0185. The maximum Gasteiger partial charge on any atom is 0.251 e. The molecule has 2 aromatic carbocycles. The molecule has 0 aliphatic carbocycles. The Balaban J connectivity index is 1.68. The van der Waals surface area contributed by atoms with Crippen LogP contribution in [-0.4, -0.2) is 62.8 Å². The Morgan fingerprint density at radius 1 is 1.07 bits per heavy atom.